The molecule has 0 spiro atoms. The van der Waals surface area contributed by atoms with Crippen LogP contribution < -0.4 is 4.90 Å². The van der Waals surface area contributed by atoms with Crippen molar-refractivity contribution in [3.05, 3.63) is 59.9 Å². The number of ether oxygens (including phenoxy) is 1. The molecule has 124 valence electrons. The summed E-state index contributed by atoms with van der Waals surface area (Å²) in [7, 11) is 1.69. The summed E-state index contributed by atoms with van der Waals surface area (Å²) in [6.07, 6.45) is 1.50. The normalized spacial score (nSPS) is 14.3. The molecule has 0 bridgehead atoms. The fourth-order valence-corrected chi connectivity index (χ4v) is 2.57. The quantitative estimate of drug-likeness (QED) is 0.864. The number of morpholine rings is 1. The zero-order valence-electron chi connectivity index (χ0n) is 13.5. The number of hydrogen-bond acceptors (Lipinski definition) is 4. The molecule has 2 aromatic rings. The highest BCUT2D eigenvalue weighted by atomic mass is 16.5. The van der Waals surface area contributed by atoms with Crippen molar-refractivity contribution in [3.8, 4) is 0 Å². The zero-order valence-corrected chi connectivity index (χ0v) is 13.5. The van der Waals surface area contributed by atoms with Crippen molar-refractivity contribution in [3.63, 3.8) is 0 Å². The van der Waals surface area contributed by atoms with Crippen LogP contribution in [0.15, 0.2) is 48.7 Å². The lowest BCUT2D eigenvalue weighted by Gasteiger charge is -2.27. The van der Waals surface area contributed by atoms with Crippen molar-refractivity contribution < 1.29 is 14.3 Å². The predicted octanol–water partition coefficient (Wildman–Crippen LogP) is 1.83. The Balaban J connectivity index is 1.79. The van der Waals surface area contributed by atoms with Crippen molar-refractivity contribution in [1.29, 1.82) is 0 Å². The highest BCUT2D eigenvalue weighted by Crippen LogP contribution is 2.15. The molecule has 0 saturated carbocycles. The van der Waals surface area contributed by atoms with E-state index in [1.54, 1.807) is 24.1 Å². The average molecular weight is 325 g/mol. The molecule has 24 heavy (non-hydrogen) atoms. The third kappa shape index (κ3) is 3.44. The van der Waals surface area contributed by atoms with Gasteiger partial charge in [0.1, 0.15) is 5.69 Å². The van der Waals surface area contributed by atoms with Crippen LogP contribution in [0, 0.1) is 0 Å². The fourth-order valence-electron chi connectivity index (χ4n) is 2.57. The van der Waals surface area contributed by atoms with E-state index in [4.69, 9.17) is 4.74 Å². The lowest BCUT2D eigenvalue weighted by Crippen LogP contribution is -2.40. The molecule has 1 aromatic heterocycles. The average Bonchev–Trinajstić information content (AvgIpc) is 2.67. The topological polar surface area (TPSA) is 62.7 Å². The number of hydrogen-bond donors (Lipinski definition) is 0. The minimum absolute atomic E-state index is 0.0999. The number of nitrogens with zero attached hydrogens (tertiary/aromatic N) is 3. The third-order valence-electron chi connectivity index (χ3n) is 3.97. The minimum Gasteiger partial charge on any atom is -0.378 e. The molecule has 1 aliphatic heterocycles. The molecular formula is C18H19N3O3. The van der Waals surface area contributed by atoms with Crippen LogP contribution in [0.5, 0.6) is 0 Å². The summed E-state index contributed by atoms with van der Waals surface area (Å²) in [6, 6.07) is 12.5. The van der Waals surface area contributed by atoms with E-state index in [9.17, 15) is 9.59 Å². The van der Waals surface area contributed by atoms with Gasteiger partial charge in [-0.25, -0.2) is 0 Å². The van der Waals surface area contributed by atoms with Crippen molar-refractivity contribution in [2.75, 3.05) is 38.3 Å². The highest BCUT2D eigenvalue weighted by Gasteiger charge is 2.21. The molecule has 6 heteroatoms. The first-order valence-corrected chi connectivity index (χ1v) is 7.83. The maximum atomic E-state index is 12.6. The van der Waals surface area contributed by atoms with E-state index in [0.29, 0.717) is 31.9 Å². The Labute approximate surface area is 140 Å². The van der Waals surface area contributed by atoms with Gasteiger partial charge in [0.2, 0.25) is 0 Å². The van der Waals surface area contributed by atoms with E-state index < -0.39 is 0 Å². The van der Waals surface area contributed by atoms with Crippen molar-refractivity contribution in [2.45, 2.75) is 0 Å². The smallest absolute Gasteiger partial charge is 0.276 e. The van der Waals surface area contributed by atoms with Gasteiger partial charge in [-0.05, 0) is 24.3 Å². The van der Waals surface area contributed by atoms with Gasteiger partial charge in [-0.3, -0.25) is 14.6 Å². The van der Waals surface area contributed by atoms with E-state index >= 15 is 0 Å². The van der Waals surface area contributed by atoms with Gasteiger partial charge in [0.25, 0.3) is 11.8 Å². The Morgan fingerprint density at radius 1 is 1.12 bits per heavy atom. The van der Waals surface area contributed by atoms with Crippen LogP contribution in [0.25, 0.3) is 0 Å². The van der Waals surface area contributed by atoms with Crippen LogP contribution >= 0.6 is 0 Å². The van der Waals surface area contributed by atoms with E-state index in [1.165, 1.54) is 11.1 Å². The molecule has 3 rings (SSSR count). The van der Waals surface area contributed by atoms with Crippen LogP contribution in [0.1, 0.15) is 20.8 Å². The second kappa shape index (κ2) is 7.23. The first kappa shape index (κ1) is 16.1. The second-order valence-corrected chi connectivity index (χ2v) is 5.53. The van der Waals surface area contributed by atoms with Crippen LogP contribution in [-0.4, -0.2) is 55.0 Å². The Morgan fingerprint density at radius 2 is 1.83 bits per heavy atom. The second-order valence-electron chi connectivity index (χ2n) is 5.53. The van der Waals surface area contributed by atoms with E-state index in [1.807, 2.05) is 30.3 Å². The van der Waals surface area contributed by atoms with Crippen LogP contribution in [0.2, 0.25) is 0 Å². The summed E-state index contributed by atoms with van der Waals surface area (Å²) < 4.78 is 5.26. The Bertz CT molecular complexity index is 727. The van der Waals surface area contributed by atoms with Gasteiger partial charge in [0.05, 0.1) is 13.2 Å². The summed E-state index contributed by atoms with van der Waals surface area (Å²) in [4.78, 5) is 32.5. The lowest BCUT2D eigenvalue weighted by atomic mass is 10.1. The summed E-state index contributed by atoms with van der Waals surface area (Å²) in [5.41, 5.74) is 1.49. The Morgan fingerprint density at radius 3 is 2.54 bits per heavy atom. The first-order valence-electron chi connectivity index (χ1n) is 7.83. The Hall–Kier alpha value is -2.73. The molecule has 0 unspecified atom stereocenters. The van der Waals surface area contributed by atoms with Crippen molar-refractivity contribution >= 4 is 17.5 Å². The maximum Gasteiger partial charge on any atom is 0.276 e. The van der Waals surface area contributed by atoms with Gasteiger partial charge < -0.3 is 14.5 Å². The summed E-state index contributed by atoms with van der Waals surface area (Å²) in [5.74, 6) is -0.352. The minimum atomic E-state index is -0.252. The number of pyridine rings is 1. The van der Waals surface area contributed by atoms with Gasteiger partial charge >= 0.3 is 0 Å². The molecule has 0 aliphatic carbocycles. The van der Waals surface area contributed by atoms with Crippen LogP contribution in [0.3, 0.4) is 0 Å². The zero-order chi connectivity index (χ0) is 16.9. The van der Waals surface area contributed by atoms with Gasteiger partial charge in [-0.1, -0.05) is 18.2 Å². The molecule has 1 aliphatic rings. The van der Waals surface area contributed by atoms with Crippen molar-refractivity contribution in [1.82, 2.24) is 9.88 Å². The monoisotopic (exact) mass is 325 g/mol. The van der Waals surface area contributed by atoms with Crippen LogP contribution in [0.4, 0.5) is 5.69 Å². The van der Waals surface area contributed by atoms with E-state index in [0.717, 1.165) is 5.69 Å². The SMILES string of the molecule is CN(C(=O)c1cc(C(=O)N2CCOCC2)ccn1)c1ccccc1. The molecular weight excluding hydrogens is 306 g/mol. The number of anilines is 1. The van der Waals surface area contributed by atoms with Gasteiger partial charge in [0.15, 0.2) is 0 Å². The van der Waals surface area contributed by atoms with E-state index in [-0.39, 0.29) is 17.5 Å². The molecule has 2 heterocycles. The lowest BCUT2D eigenvalue weighted by molar-refractivity contribution is 0.0303. The highest BCUT2D eigenvalue weighted by molar-refractivity contribution is 6.06. The third-order valence-corrected chi connectivity index (χ3v) is 3.97. The molecule has 6 nitrogen and oxygen atoms in total. The standard InChI is InChI=1S/C18H19N3O3/c1-20(15-5-3-2-4-6-15)18(23)16-13-14(7-8-19-16)17(22)21-9-11-24-12-10-21/h2-8,13H,9-12H2,1H3. The number of aromatic nitrogens is 1. The molecule has 0 N–H and O–H groups in total. The number of carbonyl (C=O) groups is 2. The number of benzene rings is 1. The van der Waals surface area contributed by atoms with Crippen molar-refractivity contribution in [2.24, 2.45) is 0 Å². The van der Waals surface area contributed by atoms with E-state index in [2.05, 4.69) is 4.98 Å². The maximum absolute atomic E-state index is 12.6. The Kier molecular flexibility index (Phi) is 4.86. The molecule has 2 amide bonds. The predicted molar refractivity (Wildman–Crippen MR) is 90.1 cm³/mol. The number of carbonyl (C=O) groups excluding carboxylic acids is 2. The van der Waals surface area contributed by atoms with Gasteiger partial charge in [0, 0.05) is 37.6 Å². The largest absolute Gasteiger partial charge is 0.378 e. The number of rotatable bonds is 3. The van der Waals surface area contributed by atoms with Crippen LogP contribution in [-0.2, 0) is 4.74 Å². The summed E-state index contributed by atoms with van der Waals surface area (Å²) >= 11 is 0. The van der Waals surface area contributed by atoms with Gasteiger partial charge in [-0.2, -0.15) is 0 Å². The molecule has 1 aromatic carbocycles. The summed E-state index contributed by atoms with van der Waals surface area (Å²) in [5, 5.41) is 0. The number of amides is 2. The molecule has 0 radical (unpaired) electrons. The summed E-state index contributed by atoms with van der Waals surface area (Å²) in [6.45, 7) is 2.21. The van der Waals surface area contributed by atoms with Gasteiger partial charge in [-0.15, -0.1) is 0 Å². The molecule has 0 atom stereocenters. The first-order chi connectivity index (χ1) is 11.7. The number of para-hydroxylation sites is 1. The fraction of sp³-hybridized carbons (Fsp3) is 0.278. The molecule has 1 fully saturated rings. The molecule has 1 saturated heterocycles.